The number of carbonyl (C=O) groups excluding carboxylic acids is 2. The Morgan fingerprint density at radius 3 is 2.52 bits per heavy atom. The first-order chi connectivity index (χ1) is 19.2. The first-order valence-corrected chi connectivity index (χ1v) is 13.5. The van der Waals surface area contributed by atoms with Crippen LogP contribution in [0.4, 0.5) is 4.39 Å². The number of hydrogen-bond donors (Lipinski definition) is 1. The highest BCUT2D eigenvalue weighted by Gasteiger charge is 2.31. The van der Waals surface area contributed by atoms with Crippen molar-refractivity contribution in [1.82, 2.24) is 38.8 Å². The fraction of sp³-hybridized carbons (Fsp3) is 0.346. The zero-order chi connectivity index (χ0) is 28.1. The van der Waals surface area contributed by atoms with Crippen LogP contribution in [0.25, 0.3) is 5.52 Å². The molecule has 5 heterocycles. The number of benzene rings is 1. The second-order valence-electron chi connectivity index (χ2n) is 10.0. The highest BCUT2D eigenvalue weighted by molar-refractivity contribution is 6.42. The summed E-state index contributed by atoms with van der Waals surface area (Å²) in [6.07, 6.45) is 1.77. The zero-order valence-corrected chi connectivity index (χ0v) is 23.0. The Balaban J connectivity index is 1.21. The fourth-order valence-corrected chi connectivity index (χ4v) is 5.63. The van der Waals surface area contributed by atoms with Crippen LogP contribution in [-0.2, 0) is 19.5 Å². The van der Waals surface area contributed by atoms with Crippen molar-refractivity contribution in [3.63, 3.8) is 0 Å². The third kappa shape index (κ3) is 4.65. The molecule has 1 fully saturated rings. The molecule has 0 atom stereocenters. The quantitative estimate of drug-likeness (QED) is 0.393. The number of aromatic amines is 1. The van der Waals surface area contributed by atoms with Crippen molar-refractivity contribution in [3.8, 4) is 0 Å². The molecule has 1 N–H and O–H groups in total. The number of rotatable bonds is 4. The van der Waals surface area contributed by atoms with Crippen LogP contribution in [0.2, 0.25) is 10.2 Å². The van der Waals surface area contributed by atoms with Gasteiger partial charge in [0.2, 0.25) is 5.82 Å². The van der Waals surface area contributed by atoms with Crippen LogP contribution in [0, 0.1) is 5.82 Å². The van der Waals surface area contributed by atoms with Gasteiger partial charge < -0.3 is 24.3 Å². The molecule has 2 amide bonds. The lowest BCUT2D eigenvalue weighted by Crippen LogP contribution is -2.48. The highest BCUT2D eigenvalue weighted by atomic mass is 35.5. The minimum atomic E-state index is -0.652. The monoisotopic (exact) mass is 586 g/mol. The van der Waals surface area contributed by atoms with E-state index in [1.165, 1.54) is 33.7 Å². The minimum absolute atomic E-state index is 0.0866. The summed E-state index contributed by atoms with van der Waals surface area (Å²) in [7, 11) is 2.01. The molecular weight excluding hydrogens is 562 g/mol. The van der Waals surface area contributed by atoms with E-state index in [1.54, 1.807) is 15.5 Å². The summed E-state index contributed by atoms with van der Waals surface area (Å²) in [5.41, 5.74) is 1.10. The lowest BCUT2D eigenvalue weighted by molar-refractivity contribution is 0.0638. The highest BCUT2D eigenvalue weighted by Crippen LogP contribution is 2.27. The maximum atomic E-state index is 14.9. The Kier molecular flexibility index (Phi) is 6.85. The van der Waals surface area contributed by atoms with E-state index in [9.17, 15) is 18.8 Å². The summed E-state index contributed by atoms with van der Waals surface area (Å²) >= 11 is 12.5. The van der Waals surface area contributed by atoms with Gasteiger partial charge in [0.1, 0.15) is 16.5 Å². The van der Waals surface area contributed by atoms with Gasteiger partial charge in [-0.1, -0.05) is 29.3 Å². The number of H-pyrrole nitrogens is 1. The Hall–Kier alpha value is -3.74. The Morgan fingerprint density at radius 1 is 1.00 bits per heavy atom. The first kappa shape index (κ1) is 26.5. The van der Waals surface area contributed by atoms with Crippen LogP contribution in [0.3, 0.4) is 0 Å². The molecule has 0 unspecified atom stereocenters. The molecule has 1 saturated heterocycles. The van der Waals surface area contributed by atoms with Crippen LogP contribution in [0.5, 0.6) is 0 Å². The smallest absolute Gasteiger partial charge is 0.291 e. The van der Waals surface area contributed by atoms with Crippen molar-refractivity contribution in [2.75, 3.05) is 39.8 Å². The van der Waals surface area contributed by atoms with E-state index in [4.69, 9.17) is 23.2 Å². The van der Waals surface area contributed by atoms with Gasteiger partial charge >= 0.3 is 0 Å². The molecular formula is C26H25Cl2FN8O3. The molecule has 14 heteroatoms. The molecule has 208 valence electrons. The molecule has 2 aliphatic heterocycles. The van der Waals surface area contributed by atoms with Gasteiger partial charge in [0.25, 0.3) is 17.4 Å². The van der Waals surface area contributed by atoms with Crippen LogP contribution < -0.4 is 5.56 Å². The third-order valence-corrected chi connectivity index (χ3v) is 8.21. The lowest BCUT2D eigenvalue weighted by atomic mass is 10.0. The van der Waals surface area contributed by atoms with Gasteiger partial charge in [0.05, 0.1) is 17.1 Å². The predicted molar refractivity (Wildman–Crippen MR) is 145 cm³/mol. The number of halogens is 3. The molecule has 3 aromatic heterocycles. The predicted octanol–water partition coefficient (Wildman–Crippen LogP) is 2.30. The first-order valence-electron chi connectivity index (χ1n) is 12.8. The fourth-order valence-electron chi connectivity index (χ4n) is 5.19. The van der Waals surface area contributed by atoms with Crippen molar-refractivity contribution in [3.05, 3.63) is 85.3 Å². The van der Waals surface area contributed by atoms with Gasteiger partial charge in [-0.05, 0) is 30.8 Å². The summed E-state index contributed by atoms with van der Waals surface area (Å²) < 4.78 is 18.2. The average molecular weight is 587 g/mol. The zero-order valence-electron chi connectivity index (χ0n) is 21.5. The molecule has 2 aliphatic rings. The molecule has 4 aromatic rings. The summed E-state index contributed by atoms with van der Waals surface area (Å²) in [4.78, 5) is 46.8. The number of piperazine rings is 1. The number of hydrogen-bond acceptors (Lipinski definition) is 6. The summed E-state index contributed by atoms with van der Waals surface area (Å²) in [5.74, 6) is -0.584. The maximum absolute atomic E-state index is 14.9. The summed E-state index contributed by atoms with van der Waals surface area (Å²) in [6.45, 7) is 3.51. The van der Waals surface area contributed by atoms with Crippen molar-refractivity contribution in [2.45, 2.75) is 19.5 Å². The molecule has 0 radical (unpaired) electrons. The summed E-state index contributed by atoms with van der Waals surface area (Å²) in [6, 6.07) is 5.79. The van der Waals surface area contributed by atoms with E-state index in [-0.39, 0.29) is 58.1 Å². The van der Waals surface area contributed by atoms with Crippen molar-refractivity contribution < 1.29 is 14.0 Å². The minimum Gasteiger partial charge on any atom is -0.333 e. The molecule has 0 spiro atoms. The van der Waals surface area contributed by atoms with E-state index in [1.807, 2.05) is 7.05 Å². The SMILES string of the molecule is CN1CCN(C(=O)c2nnc3n2CCN(C(=O)c2cc(Cc4c[nH]c(=O)c5cc(Cl)c(Cl)n45)ccc2F)C3)CC1. The molecule has 0 aliphatic carbocycles. The lowest BCUT2D eigenvalue weighted by Gasteiger charge is -2.32. The number of nitrogens with zero attached hydrogens (tertiary/aromatic N) is 7. The van der Waals surface area contributed by atoms with Gasteiger partial charge in [-0.3, -0.25) is 18.8 Å². The van der Waals surface area contributed by atoms with E-state index in [2.05, 4.69) is 20.1 Å². The van der Waals surface area contributed by atoms with Crippen LogP contribution in [0.15, 0.2) is 35.3 Å². The van der Waals surface area contributed by atoms with Gasteiger partial charge in [-0.15, -0.1) is 10.2 Å². The van der Waals surface area contributed by atoms with E-state index < -0.39 is 11.7 Å². The second kappa shape index (κ2) is 10.3. The number of fused-ring (bicyclic) bond motifs is 2. The number of amides is 2. The van der Waals surface area contributed by atoms with E-state index in [0.717, 1.165) is 13.1 Å². The van der Waals surface area contributed by atoms with Crippen LogP contribution in [-0.4, -0.2) is 90.4 Å². The Bertz CT molecular complexity index is 1710. The Morgan fingerprint density at radius 2 is 1.75 bits per heavy atom. The van der Waals surface area contributed by atoms with Gasteiger partial charge in [-0.25, -0.2) is 4.39 Å². The van der Waals surface area contributed by atoms with E-state index in [0.29, 0.717) is 36.7 Å². The van der Waals surface area contributed by atoms with Gasteiger partial charge in [-0.2, -0.15) is 0 Å². The third-order valence-electron chi connectivity index (χ3n) is 7.46. The second-order valence-corrected chi connectivity index (χ2v) is 10.8. The van der Waals surface area contributed by atoms with Crippen molar-refractivity contribution in [2.24, 2.45) is 0 Å². The Labute approximate surface area is 237 Å². The number of nitrogens with one attached hydrogen (secondary N) is 1. The number of carbonyl (C=O) groups is 2. The standard InChI is InChI=1S/C26H25Cl2FN8O3/c1-33-4-6-34(7-5-33)26(40)23-32-31-21-14-35(8-9-36(21)23)25(39)17-11-15(2-3-19(17)29)10-16-13-30-24(38)20-12-18(27)22(28)37(16)20/h2-3,11-13H,4-10,14H2,1H3,(H,30,38). The normalized spacial score (nSPS) is 16.0. The number of likely N-dealkylation sites (N-methyl/N-ethyl adjacent to an activating group) is 1. The van der Waals surface area contributed by atoms with Crippen molar-refractivity contribution in [1.29, 1.82) is 0 Å². The molecule has 0 bridgehead atoms. The average Bonchev–Trinajstić information content (AvgIpc) is 3.51. The van der Waals surface area contributed by atoms with Gasteiger partial charge in [0, 0.05) is 57.6 Å². The van der Waals surface area contributed by atoms with Crippen molar-refractivity contribution >= 4 is 40.5 Å². The van der Waals surface area contributed by atoms with Crippen LogP contribution in [0.1, 0.15) is 38.1 Å². The number of aromatic nitrogens is 5. The molecule has 11 nitrogen and oxygen atoms in total. The topological polar surface area (TPSA) is 112 Å². The molecule has 6 rings (SSSR count). The van der Waals surface area contributed by atoms with Crippen LogP contribution >= 0.6 is 23.2 Å². The molecule has 1 aromatic carbocycles. The molecule has 0 saturated carbocycles. The summed E-state index contributed by atoms with van der Waals surface area (Å²) in [5, 5.41) is 8.72. The van der Waals surface area contributed by atoms with E-state index >= 15 is 0 Å². The largest absolute Gasteiger partial charge is 0.333 e. The molecule has 40 heavy (non-hydrogen) atoms. The van der Waals surface area contributed by atoms with Gasteiger partial charge in [0.15, 0.2) is 5.82 Å². The maximum Gasteiger partial charge on any atom is 0.291 e.